The molecule has 1 aromatic rings. The number of anilines is 1. The molecular weight excluding hydrogens is 234 g/mol. The van der Waals surface area contributed by atoms with Crippen molar-refractivity contribution in [3.05, 3.63) is 22.9 Å². The van der Waals surface area contributed by atoms with E-state index in [9.17, 15) is 5.26 Å². The lowest BCUT2D eigenvalue weighted by Gasteiger charge is -2.29. The molecule has 19 heavy (non-hydrogen) atoms. The highest BCUT2D eigenvalue weighted by Crippen LogP contribution is 2.28. The second kappa shape index (κ2) is 6.06. The first-order valence-corrected chi connectivity index (χ1v) is 7.26. The summed E-state index contributed by atoms with van der Waals surface area (Å²) >= 11 is 0. The molecule has 0 radical (unpaired) electrons. The number of hydrogen-bond acceptors (Lipinski definition) is 3. The third kappa shape index (κ3) is 3.26. The Morgan fingerprint density at radius 2 is 2.00 bits per heavy atom. The van der Waals surface area contributed by atoms with Crippen LogP contribution in [0.2, 0.25) is 0 Å². The first kappa shape index (κ1) is 13.9. The number of hydrogen-bond donors (Lipinski definition) is 1. The van der Waals surface area contributed by atoms with Gasteiger partial charge < -0.3 is 5.32 Å². The van der Waals surface area contributed by atoms with Crippen LogP contribution >= 0.6 is 0 Å². The molecule has 3 heteroatoms. The Bertz CT molecular complexity index is 482. The summed E-state index contributed by atoms with van der Waals surface area (Å²) in [6.07, 6.45) is 6.63. The molecule has 0 spiro atoms. The van der Waals surface area contributed by atoms with Gasteiger partial charge in [-0.05, 0) is 51.2 Å². The molecule has 0 aliphatic heterocycles. The summed E-state index contributed by atoms with van der Waals surface area (Å²) in [5, 5.41) is 12.8. The van der Waals surface area contributed by atoms with E-state index in [1.54, 1.807) is 0 Å². The monoisotopic (exact) mass is 257 g/mol. The van der Waals surface area contributed by atoms with Gasteiger partial charge in [-0.25, -0.2) is 4.98 Å². The molecule has 1 fully saturated rings. The van der Waals surface area contributed by atoms with Crippen molar-refractivity contribution in [1.29, 1.82) is 5.26 Å². The summed E-state index contributed by atoms with van der Waals surface area (Å²) in [6.45, 7) is 6.17. The van der Waals surface area contributed by atoms with Crippen molar-refractivity contribution in [2.45, 2.75) is 58.9 Å². The van der Waals surface area contributed by atoms with E-state index in [2.05, 4.69) is 23.3 Å². The Balaban J connectivity index is 2.16. The van der Waals surface area contributed by atoms with Gasteiger partial charge in [0.2, 0.25) is 0 Å². The average Bonchev–Trinajstić information content (AvgIpc) is 2.39. The molecule has 1 aliphatic carbocycles. The van der Waals surface area contributed by atoms with Crippen LogP contribution < -0.4 is 5.32 Å². The number of nitrogens with one attached hydrogen (secondary N) is 1. The van der Waals surface area contributed by atoms with Crippen molar-refractivity contribution in [3.8, 4) is 6.07 Å². The summed E-state index contributed by atoms with van der Waals surface area (Å²) in [5.74, 6) is 1.47. The largest absolute Gasteiger partial charge is 0.366 e. The van der Waals surface area contributed by atoms with E-state index in [0.717, 1.165) is 17.1 Å². The molecule has 102 valence electrons. The second-order valence-electron chi connectivity index (χ2n) is 5.75. The highest BCUT2D eigenvalue weighted by Gasteiger charge is 2.21. The highest BCUT2D eigenvalue weighted by molar-refractivity contribution is 5.56. The predicted octanol–water partition coefficient (Wildman–Crippen LogP) is 3.95. The summed E-state index contributed by atoms with van der Waals surface area (Å²) in [6, 6.07) is 4.63. The lowest BCUT2D eigenvalue weighted by atomic mass is 9.84. The first-order chi connectivity index (χ1) is 9.11. The van der Waals surface area contributed by atoms with Gasteiger partial charge in [0, 0.05) is 11.7 Å². The van der Waals surface area contributed by atoms with Gasteiger partial charge in [-0.1, -0.05) is 19.3 Å². The fraction of sp³-hybridized carbons (Fsp3) is 0.625. The molecule has 1 saturated carbocycles. The van der Waals surface area contributed by atoms with E-state index in [0.29, 0.717) is 17.5 Å². The minimum atomic E-state index is 0.390. The van der Waals surface area contributed by atoms with E-state index < -0.39 is 0 Å². The number of pyridine rings is 1. The number of aryl methyl sites for hydroxylation is 2. The van der Waals surface area contributed by atoms with Crippen LogP contribution in [0.15, 0.2) is 6.07 Å². The van der Waals surface area contributed by atoms with Gasteiger partial charge in [-0.15, -0.1) is 0 Å². The number of aromatic nitrogens is 1. The fourth-order valence-corrected chi connectivity index (χ4v) is 3.05. The molecule has 0 aromatic carbocycles. The SMILES string of the molecule is Cc1cc(C)c(C#N)c(NC(C)C2CCCCC2)n1. The van der Waals surface area contributed by atoms with E-state index >= 15 is 0 Å². The predicted molar refractivity (Wildman–Crippen MR) is 78.1 cm³/mol. The number of nitriles is 1. The standard InChI is InChI=1S/C16H23N3/c1-11-9-12(2)18-16(15(11)10-17)19-13(3)14-7-5-4-6-8-14/h9,13-14H,4-8H2,1-3H3,(H,18,19). The third-order valence-corrected chi connectivity index (χ3v) is 4.18. The zero-order chi connectivity index (χ0) is 13.8. The minimum absolute atomic E-state index is 0.390. The second-order valence-corrected chi connectivity index (χ2v) is 5.75. The van der Waals surface area contributed by atoms with Crippen molar-refractivity contribution in [2.24, 2.45) is 5.92 Å². The maximum Gasteiger partial charge on any atom is 0.144 e. The quantitative estimate of drug-likeness (QED) is 0.892. The molecule has 0 amide bonds. The minimum Gasteiger partial charge on any atom is -0.366 e. The zero-order valence-electron chi connectivity index (χ0n) is 12.2. The van der Waals surface area contributed by atoms with Crippen LogP contribution in [0, 0.1) is 31.1 Å². The maximum atomic E-state index is 9.28. The fourth-order valence-electron chi connectivity index (χ4n) is 3.05. The summed E-state index contributed by atoms with van der Waals surface area (Å²) in [7, 11) is 0. The third-order valence-electron chi connectivity index (χ3n) is 4.18. The van der Waals surface area contributed by atoms with Crippen molar-refractivity contribution in [3.63, 3.8) is 0 Å². The van der Waals surface area contributed by atoms with Crippen LogP contribution in [-0.2, 0) is 0 Å². The van der Waals surface area contributed by atoms with Gasteiger partial charge in [0.25, 0.3) is 0 Å². The average molecular weight is 257 g/mol. The molecule has 0 bridgehead atoms. The molecule has 1 heterocycles. The Hall–Kier alpha value is -1.56. The Morgan fingerprint density at radius 1 is 1.32 bits per heavy atom. The molecule has 1 aromatic heterocycles. The zero-order valence-corrected chi connectivity index (χ0v) is 12.2. The molecule has 1 aliphatic rings. The molecule has 1 atom stereocenters. The maximum absolute atomic E-state index is 9.28. The van der Waals surface area contributed by atoms with Gasteiger partial charge in [0.1, 0.15) is 11.9 Å². The normalized spacial score (nSPS) is 17.8. The first-order valence-electron chi connectivity index (χ1n) is 7.26. The van der Waals surface area contributed by atoms with Gasteiger partial charge >= 0.3 is 0 Å². The van der Waals surface area contributed by atoms with Crippen LogP contribution in [0.1, 0.15) is 55.8 Å². The molecule has 0 saturated heterocycles. The van der Waals surface area contributed by atoms with Crippen molar-refractivity contribution >= 4 is 5.82 Å². The molecule has 1 unspecified atom stereocenters. The van der Waals surface area contributed by atoms with Crippen LogP contribution in [-0.4, -0.2) is 11.0 Å². The lowest BCUT2D eigenvalue weighted by Crippen LogP contribution is -2.28. The van der Waals surface area contributed by atoms with Crippen LogP contribution in [0.4, 0.5) is 5.82 Å². The van der Waals surface area contributed by atoms with Gasteiger partial charge in [-0.3, -0.25) is 0 Å². The van der Waals surface area contributed by atoms with Gasteiger partial charge in [-0.2, -0.15) is 5.26 Å². The highest BCUT2D eigenvalue weighted by atomic mass is 15.0. The molecule has 3 nitrogen and oxygen atoms in total. The lowest BCUT2D eigenvalue weighted by molar-refractivity contribution is 0.328. The molecule has 1 N–H and O–H groups in total. The smallest absolute Gasteiger partial charge is 0.144 e. The van der Waals surface area contributed by atoms with Gasteiger partial charge in [0.05, 0.1) is 5.56 Å². The Kier molecular flexibility index (Phi) is 4.42. The van der Waals surface area contributed by atoms with Crippen molar-refractivity contribution in [1.82, 2.24) is 4.98 Å². The number of nitrogens with zero attached hydrogens (tertiary/aromatic N) is 2. The van der Waals surface area contributed by atoms with E-state index in [1.807, 2.05) is 19.9 Å². The number of rotatable bonds is 3. The van der Waals surface area contributed by atoms with E-state index in [-0.39, 0.29) is 0 Å². The Labute approximate surface area is 116 Å². The van der Waals surface area contributed by atoms with Crippen molar-refractivity contribution < 1.29 is 0 Å². The molecular formula is C16H23N3. The topological polar surface area (TPSA) is 48.7 Å². The summed E-state index contributed by atoms with van der Waals surface area (Å²) in [4.78, 5) is 4.51. The summed E-state index contributed by atoms with van der Waals surface area (Å²) < 4.78 is 0. The van der Waals surface area contributed by atoms with Crippen LogP contribution in [0.25, 0.3) is 0 Å². The van der Waals surface area contributed by atoms with E-state index in [4.69, 9.17) is 0 Å². The summed E-state index contributed by atoms with van der Waals surface area (Å²) in [5.41, 5.74) is 2.66. The van der Waals surface area contributed by atoms with E-state index in [1.165, 1.54) is 32.1 Å². The van der Waals surface area contributed by atoms with Crippen LogP contribution in [0.5, 0.6) is 0 Å². The van der Waals surface area contributed by atoms with Gasteiger partial charge in [0.15, 0.2) is 0 Å². The van der Waals surface area contributed by atoms with Crippen molar-refractivity contribution in [2.75, 3.05) is 5.32 Å². The Morgan fingerprint density at radius 3 is 2.63 bits per heavy atom. The molecule has 2 rings (SSSR count). The van der Waals surface area contributed by atoms with Crippen LogP contribution in [0.3, 0.4) is 0 Å².